The molecule has 0 amide bonds. The summed E-state index contributed by atoms with van der Waals surface area (Å²) in [5.74, 6) is 0.375. The number of rotatable bonds is 5. The maximum Gasteiger partial charge on any atom is 0.312 e. The highest BCUT2D eigenvalue weighted by molar-refractivity contribution is 7.09. The number of esters is 1. The number of aromatic nitrogens is 3. The molecule has 0 fully saturated rings. The van der Waals surface area contributed by atoms with Crippen LogP contribution in [0.25, 0.3) is 11.4 Å². The molecule has 2 heterocycles. The second kappa shape index (κ2) is 6.70. The van der Waals surface area contributed by atoms with Crippen LogP contribution in [0.4, 0.5) is 0 Å². The molecule has 7 heteroatoms. The van der Waals surface area contributed by atoms with E-state index in [0.29, 0.717) is 11.5 Å². The van der Waals surface area contributed by atoms with Gasteiger partial charge < -0.3 is 9.26 Å². The molecule has 0 spiro atoms. The number of carbonyl (C=O) groups excluding carboxylic acids is 1. The van der Waals surface area contributed by atoms with Crippen molar-refractivity contribution in [1.29, 1.82) is 0 Å². The minimum atomic E-state index is -0.370. The zero-order valence-electron chi connectivity index (χ0n) is 12.8. The molecular formula is C16H15N3O3S. The summed E-state index contributed by atoms with van der Waals surface area (Å²) in [7, 11) is 0. The second-order valence-electron chi connectivity index (χ2n) is 5.07. The van der Waals surface area contributed by atoms with Crippen LogP contribution in [-0.4, -0.2) is 21.1 Å². The van der Waals surface area contributed by atoms with Gasteiger partial charge in [0.2, 0.25) is 5.82 Å². The van der Waals surface area contributed by atoms with Crippen LogP contribution in [-0.2, 0) is 22.6 Å². The molecular weight excluding hydrogens is 314 g/mol. The second-order valence-corrected chi connectivity index (χ2v) is 6.14. The molecule has 3 rings (SSSR count). The molecule has 3 aromatic rings. The van der Waals surface area contributed by atoms with E-state index in [1.165, 1.54) is 11.3 Å². The highest BCUT2D eigenvalue weighted by Crippen LogP contribution is 2.16. The molecule has 0 bridgehead atoms. The summed E-state index contributed by atoms with van der Waals surface area (Å²) in [4.78, 5) is 20.2. The van der Waals surface area contributed by atoms with Gasteiger partial charge in [-0.2, -0.15) is 4.98 Å². The Morgan fingerprint density at radius 3 is 2.70 bits per heavy atom. The molecule has 0 saturated carbocycles. The van der Waals surface area contributed by atoms with Crippen LogP contribution in [0.1, 0.15) is 22.2 Å². The third-order valence-corrected chi connectivity index (χ3v) is 3.95. The molecule has 0 saturated heterocycles. The van der Waals surface area contributed by atoms with E-state index in [4.69, 9.17) is 9.26 Å². The summed E-state index contributed by atoms with van der Waals surface area (Å²) in [5, 5.41) is 6.66. The van der Waals surface area contributed by atoms with Crippen LogP contribution in [0.2, 0.25) is 0 Å². The summed E-state index contributed by atoms with van der Waals surface area (Å²) in [6.45, 7) is 3.86. The smallest absolute Gasteiger partial charge is 0.312 e. The molecule has 118 valence electrons. The van der Waals surface area contributed by atoms with Gasteiger partial charge in [0.05, 0.1) is 17.1 Å². The Kier molecular flexibility index (Phi) is 4.47. The van der Waals surface area contributed by atoms with Crippen molar-refractivity contribution in [2.45, 2.75) is 26.9 Å². The first-order valence-corrected chi connectivity index (χ1v) is 7.94. The Hall–Kier alpha value is -2.54. The normalized spacial score (nSPS) is 10.7. The molecule has 0 aliphatic heterocycles. The minimum Gasteiger partial charge on any atom is -0.455 e. The molecule has 23 heavy (non-hydrogen) atoms. The number of carbonyl (C=O) groups is 1. The molecule has 0 atom stereocenters. The maximum absolute atomic E-state index is 11.8. The number of hydrogen-bond acceptors (Lipinski definition) is 7. The van der Waals surface area contributed by atoms with Crippen molar-refractivity contribution in [3.05, 3.63) is 51.8 Å². The van der Waals surface area contributed by atoms with E-state index in [0.717, 1.165) is 16.1 Å². The Labute approximate surface area is 137 Å². The van der Waals surface area contributed by atoms with Crippen LogP contribution < -0.4 is 0 Å². The van der Waals surface area contributed by atoms with E-state index < -0.39 is 0 Å². The zero-order valence-corrected chi connectivity index (χ0v) is 13.6. The standard InChI is InChI=1S/C16H15N3O3S/c1-10-3-5-12(6-4-10)16-18-14(22-19-16)8-21-15(20)7-13-9-23-11(2)17-13/h3-6,9H,7-8H2,1-2H3. The Morgan fingerprint density at radius 1 is 1.22 bits per heavy atom. The fraction of sp³-hybridized carbons (Fsp3) is 0.250. The lowest BCUT2D eigenvalue weighted by molar-refractivity contribution is -0.144. The number of ether oxygens (including phenoxy) is 1. The number of benzene rings is 1. The lowest BCUT2D eigenvalue weighted by Crippen LogP contribution is -2.08. The Bertz CT molecular complexity index is 808. The SMILES string of the molecule is Cc1ccc(-c2noc(COC(=O)Cc3csc(C)n3)n2)cc1. The van der Waals surface area contributed by atoms with Crippen molar-refractivity contribution in [1.82, 2.24) is 15.1 Å². The zero-order chi connectivity index (χ0) is 16.2. The van der Waals surface area contributed by atoms with Crippen LogP contribution >= 0.6 is 11.3 Å². The third-order valence-electron chi connectivity index (χ3n) is 3.13. The molecule has 0 N–H and O–H groups in total. The highest BCUT2D eigenvalue weighted by atomic mass is 32.1. The van der Waals surface area contributed by atoms with Gasteiger partial charge in [0.1, 0.15) is 0 Å². The van der Waals surface area contributed by atoms with E-state index in [1.54, 1.807) is 0 Å². The van der Waals surface area contributed by atoms with Gasteiger partial charge in [0.25, 0.3) is 5.89 Å². The van der Waals surface area contributed by atoms with Crippen molar-refractivity contribution < 1.29 is 14.1 Å². The van der Waals surface area contributed by atoms with Crippen molar-refractivity contribution in [3.63, 3.8) is 0 Å². The average molecular weight is 329 g/mol. The molecule has 0 unspecified atom stereocenters. The van der Waals surface area contributed by atoms with E-state index in [1.807, 2.05) is 43.5 Å². The fourth-order valence-electron chi connectivity index (χ4n) is 1.96. The van der Waals surface area contributed by atoms with Gasteiger partial charge in [-0.3, -0.25) is 4.79 Å². The van der Waals surface area contributed by atoms with Crippen molar-refractivity contribution >= 4 is 17.3 Å². The van der Waals surface area contributed by atoms with Gasteiger partial charge in [-0.15, -0.1) is 11.3 Å². The van der Waals surface area contributed by atoms with Crippen molar-refractivity contribution in [2.75, 3.05) is 0 Å². The van der Waals surface area contributed by atoms with Gasteiger partial charge in [-0.1, -0.05) is 35.0 Å². The Morgan fingerprint density at radius 2 is 2.00 bits per heavy atom. The summed E-state index contributed by atoms with van der Waals surface area (Å²) < 4.78 is 10.2. The van der Waals surface area contributed by atoms with E-state index in [2.05, 4.69) is 15.1 Å². The topological polar surface area (TPSA) is 78.1 Å². The van der Waals surface area contributed by atoms with Crippen LogP contribution in [0.3, 0.4) is 0 Å². The van der Waals surface area contributed by atoms with Crippen LogP contribution in [0.15, 0.2) is 34.2 Å². The summed E-state index contributed by atoms with van der Waals surface area (Å²) in [6, 6.07) is 7.78. The summed E-state index contributed by atoms with van der Waals surface area (Å²) in [6.07, 6.45) is 0.142. The van der Waals surface area contributed by atoms with Gasteiger partial charge in [0, 0.05) is 10.9 Å². The molecule has 2 aromatic heterocycles. The lowest BCUT2D eigenvalue weighted by Gasteiger charge is -1.99. The summed E-state index contributed by atoms with van der Waals surface area (Å²) in [5.41, 5.74) is 2.72. The first-order chi connectivity index (χ1) is 11.1. The number of aryl methyl sites for hydroxylation is 2. The highest BCUT2D eigenvalue weighted by Gasteiger charge is 2.12. The van der Waals surface area contributed by atoms with Crippen LogP contribution in [0, 0.1) is 13.8 Å². The maximum atomic E-state index is 11.8. The first-order valence-electron chi connectivity index (χ1n) is 7.06. The quantitative estimate of drug-likeness (QED) is 0.669. The molecule has 6 nitrogen and oxygen atoms in total. The molecule has 0 aliphatic carbocycles. The molecule has 1 aromatic carbocycles. The van der Waals surface area contributed by atoms with E-state index >= 15 is 0 Å². The molecule has 0 aliphatic rings. The van der Waals surface area contributed by atoms with Crippen molar-refractivity contribution in [3.8, 4) is 11.4 Å². The predicted octanol–water partition coefficient (Wildman–Crippen LogP) is 3.10. The van der Waals surface area contributed by atoms with E-state index in [-0.39, 0.29) is 24.9 Å². The van der Waals surface area contributed by atoms with Gasteiger partial charge >= 0.3 is 5.97 Å². The number of hydrogen-bond donors (Lipinski definition) is 0. The first kappa shape index (κ1) is 15.4. The monoisotopic (exact) mass is 329 g/mol. The number of nitrogens with zero attached hydrogens (tertiary/aromatic N) is 3. The fourth-order valence-corrected chi connectivity index (χ4v) is 2.58. The van der Waals surface area contributed by atoms with Crippen molar-refractivity contribution in [2.24, 2.45) is 0 Å². The summed E-state index contributed by atoms with van der Waals surface area (Å²) >= 11 is 1.50. The van der Waals surface area contributed by atoms with Crippen LogP contribution in [0.5, 0.6) is 0 Å². The van der Waals surface area contributed by atoms with Gasteiger partial charge in [-0.05, 0) is 13.8 Å². The average Bonchev–Trinajstić information content (AvgIpc) is 3.15. The van der Waals surface area contributed by atoms with Gasteiger partial charge in [-0.25, -0.2) is 4.98 Å². The minimum absolute atomic E-state index is 0.0409. The number of thiazole rings is 1. The predicted molar refractivity (Wildman–Crippen MR) is 84.8 cm³/mol. The third kappa shape index (κ3) is 4.01. The van der Waals surface area contributed by atoms with Gasteiger partial charge in [0.15, 0.2) is 6.61 Å². The lowest BCUT2D eigenvalue weighted by atomic mass is 10.1. The Balaban J connectivity index is 1.56. The molecule has 0 radical (unpaired) electrons. The van der Waals surface area contributed by atoms with E-state index in [9.17, 15) is 4.79 Å². The largest absolute Gasteiger partial charge is 0.455 e.